The zero-order chi connectivity index (χ0) is 14.9. The third-order valence-corrected chi connectivity index (χ3v) is 5.45. The van der Waals surface area contributed by atoms with Crippen LogP contribution in [0.15, 0.2) is 42.7 Å². The van der Waals surface area contributed by atoms with E-state index in [4.69, 9.17) is 0 Å². The van der Waals surface area contributed by atoms with Crippen molar-refractivity contribution in [1.82, 2.24) is 19.8 Å². The van der Waals surface area contributed by atoms with Gasteiger partial charge >= 0.3 is 0 Å². The van der Waals surface area contributed by atoms with Gasteiger partial charge in [0.2, 0.25) is 0 Å². The predicted molar refractivity (Wildman–Crippen MR) is 98.3 cm³/mol. The van der Waals surface area contributed by atoms with Crippen LogP contribution < -0.4 is 5.32 Å². The van der Waals surface area contributed by atoms with Crippen molar-refractivity contribution in [3.8, 4) is 0 Å². The van der Waals surface area contributed by atoms with Crippen molar-refractivity contribution >= 4 is 33.8 Å². The molecular weight excluding hydrogens is 328 g/mol. The van der Waals surface area contributed by atoms with E-state index in [1.54, 1.807) is 0 Å². The Morgan fingerprint density at radius 3 is 3.00 bits per heavy atom. The van der Waals surface area contributed by atoms with Crippen molar-refractivity contribution in [1.29, 1.82) is 0 Å². The van der Waals surface area contributed by atoms with Gasteiger partial charge in [-0.15, -0.1) is 23.7 Å². The Labute approximate surface area is 146 Å². The Morgan fingerprint density at radius 1 is 1.35 bits per heavy atom. The van der Waals surface area contributed by atoms with Crippen LogP contribution in [0.2, 0.25) is 0 Å². The van der Waals surface area contributed by atoms with Crippen molar-refractivity contribution < 1.29 is 0 Å². The summed E-state index contributed by atoms with van der Waals surface area (Å²) in [4.78, 5) is 8.54. The number of aryl methyl sites for hydroxylation is 1. The molecule has 1 saturated heterocycles. The average Bonchev–Trinajstić information content (AvgIpc) is 3.13. The number of nitrogens with zero attached hydrogens (tertiary/aromatic N) is 3. The molecular formula is C17H21ClN4S. The molecule has 1 N–H and O–H groups in total. The summed E-state index contributed by atoms with van der Waals surface area (Å²) in [5.41, 5.74) is 0. The molecule has 3 heterocycles. The van der Waals surface area contributed by atoms with Gasteiger partial charge in [-0.25, -0.2) is 4.98 Å². The van der Waals surface area contributed by atoms with Crippen molar-refractivity contribution in [3.05, 3.63) is 53.4 Å². The topological polar surface area (TPSA) is 33.1 Å². The number of benzene rings is 1. The summed E-state index contributed by atoms with van der Waals surface area (Å²) in [6.07, 6.45) is 3.92. The number of hydrogen-bond acceptors (Lipinski definition) is 4. The Morgan fingerprint density at radius 2 is 2.22 bits per heavy atom. The van der Waals surface area contributed by atoms with Gasteiger partial charge in [-0.2, -0.15) is 0 Å². The first-order valence-electron chi connectivity index (χ1n) is 7.71. The molecule has 6 heteroatoms. The van der Waals surface area contributed by atoms with Crippen molar-refractivity contribution in [2.45, 2.75) is 12.6 Å². The molecule has 1 aliphatic heterocycles. The van der Waals surface area contributed by atoms with Gasteiger partial charge in [0, 0.05) is 55.2 Å². The van der Waals surface area contributed by atoms with Crippen LogP contribution in [-0.4, -0.2) is 34.1 Å². The Hall–Kier alpha value is -1.40. The molecule has 2 aromatic heterocycles. The molecule has 0 aliphatic carbocycles. The van der Waals surface area contributed by atoms with Crippen LogP contribution in [0, 0.1) is 0 Å². The highest BCUT2D eigenvalue weighted by Gasteiger charge is 2.27. The first-order valence-corrected chi connectivity index (χ1v) is 8.52. The zero-order valence-corrected chi connectivity index (χ0v) is 14.7. The van der Waals surface area contributed by atoms with Gasteiger partial charge in [-0.05, 0) is 17.5 Å². The van der Waals surface area contributed by atoms with Crippen molar-refractivity contribution in [2.24, 2.45) is 7.05 Å². The molecule has 1 aromatic carbocycles. The number of thiophene rings is 1. The van der Waals surface area contributed by atoms with E-state index in [1.807, 2.05) is 23.7 Å². The standard InChI is InChI=1S/C17H20N4S.ClH/c1-20-8-7-19-17(20)15-11-18-6-9-21(15)12-14-10-13-4-2-3-5-16(13)22-14;/h2-5,7-8,10,15,18H,6,9,11-12H2,1H3;1H. The number of nitrogens with one attached hydrogen (secondary N) is 1. The third kappa shape index (κ3) is 3.28. The molecule has 1 aliphatic rings. The summed E-state index contributed by atoms with van der Waals surface area (Å²) in [6, 6.07) is 11.3. The summed E-state index contributed by atoms with van der Waals surface area (Å²) < 4.78 is 3.51. The minimum Gasteiger partial charge on any atom is -0.337 e. The molecule has 122 valence electrons. The highest BCUT2D eigenvalue weighted by molar-refractivity contribution is 7.19. The maximum absolute atomic E-state index is 4.56. The molecule has 23 heavy (non-hydrogen) atoms. The number of rotatable bonds is 3. The van der Waals surface area contributed by atoms with Crippen LogP contribution in [-0.2, 0) is 13.6 Å². The van der Waals surface area contributed by atoms with E-state index in [0.717, 1.165) is 32.0 Å². The predicted octanol–water partition coefficient (Wildman–Crippen LogP) is 3.20. The van der Waals surface area contributed by atoms with Gasteiger partial charge in [0.25, 0.3) is 0 Å². The minimum atomic E-state index is 0. The summed E-state index contributed by atoms with van der Waals surface area (Å²) in [5, 5.41) is 4.85. The highest BCUT2D eigenvalue weighted by Crippen LogP contribution is 2.29. The maximum Gasteiger partial charge on any atom is 0.127 e. The average molecular weight is 349 g/mol. The second kappa shape index (κ2) is 7.01. The van der Waals surface area contributed by atoms with E-state index in [-0.39, 0.29) is 12.4 Å². The molecule has 1 fully saturated rings. The van der Waals surface area contributed by atoms with Crippen molar-refractivity contribution in [2.75, 3.05) is 19.6 Å². The molecule has 4 nitrogen and oxygen atoms in total. The van der Waals surface area contributed by atoms with Crippen LogP contribution in [0.3, 0.4) is 0 Å². The lowest BCUT2D eigenvalue weighted by Gasteiger charge is -2.35. The molecule has 0 saturated carbocycles. The number of piperazine rings is 1. The number of hydrogen-bond donors (Lipinski definition) is 1. The lowest BCUT2D eigenvalue weighted by atomic mass is 10.1. The third-order valence-electron chi connectivity index (χ3n) is 4.35. The fourth-order valence-corrected chi connectivity index (χ4v) is 4.29. The maximum atomic E-state index is 4.56. The Kier molecular flexibility index (Phi) is 5.02. The smallest absolute Gasteiger partial charge is 0.127 e. The lowest BCUT2D eigenvalue weighted by molar-refractivity contribution is 0.146. The summed E-state index contributed by atoms with van der Waals surface area (Å²) in [7, 11) is 2.08. The number of fused-ring (bicyclic) bond motifs is 1. The Bertz CT molecular complexity index is 749. The number of aromatic nitrogens is 2. The molecule has 4 rings (SSSR count). The van der Waals surface area contributed by atoms with E-state index in [9.17, 15) is 0 Å². The van der Waals surface area contributed by atoms with Crippen LogP contribution in [0.5, 0.6) is 0 Å². The molecule has 0 amide bonds. The van der Waals surface area contributed by atoms with Crippen LogP contribution >= 0.6 is 23.7 Å². The van der Waals surface area contributed by atoms with Gasteiger partial charge in [-0.3, -0.25) is 4.90 Å². The first-order chi connectivity index (χ1) is 10.8. The molecule has 0 spiro atoms. The molecule has 3 aromatic rings. The summed E-state index contributed by atoms with van der Waals surface area (Å²) in [5.74, 6) is 1.15. The Balaban J connectivity index is 0.00000156. The minimum absolute atomic E-state index is 0. The molecule has 0 radical (unpaired) electrons. The zero-order valence-electron chi connectivity index (χ0n) is 13.1. The summed E-state index contributed by atoms with van der Waals surface area (Å²) >= 11 is 1.91. The normalized spacial score (nSPS) is 18.9. The van der Waals surface area contributed by atoms with E-state index in [1.165, 1.54) is 15.0 Å². The van der Waals surface area contributed by atoms with Crippen LogP contribution in [0.4, 0.5) is 0 Å². The largest absolute Gasteiger partial charge is 0.337 e. The molecule has 0 bridgehead atoms. The summed E-state index contributed by atoms with van der Waals surface area (Å²) in [6.45, 7) is 4.08. The monoisotopic (exact) mass is 348 g/mol. The quantitative estimate of drug-likeness (QED) is 0.789. The van der Waals surface area contributed by atoms with E-state index >= 15 is 0 Å². The van der Waals surface area contributed by atoms with Crippen LogP contribution in [0.1, 0.15) is 16.7 Å². The number of halogens is 1. The van der Waals surface area contributed by atoms with Gasteiger partial charge in [0.15, 0.2) is 0 Å². The fraction of sp³-hybridized carbons (Fsp3) is 0.353. The molecule has 1 atom stereocenters. The van der Waals surface area contributed by atoms with Gasteiger partial charge in [-0.1, -0.05) is 18.2 Å². The fourth-order valence-electron chi connectivity index (χ4n) is 3.20. The van der Waals surface area contributed by atoms with Gasteiger partial charge in [0.05, 0.1) is 6.04 Å². The van der Waals surface area contributed by atoms with Crippen LogP contribution in [0.25, 0.3) is 10.1 Å². The second-order valence-corrected chi connectivity index (χ2v) is 7.01. The number of imidazole rings is 1. The molecule has 1 unspecified atom stereocenters. The second-order valence-electron chi connectivity index (χ2n) is 5.84. The van der Waals surface area contributed by atoms with E-state index in [2.05, 4.69) is 57.1 Å². The van der Waals surface area contributed by atoms with Gasteiger partial charge in [0.1, 0.15) is 5.82 Å². The highest BCUT2D eigenvalue weighted by atomic mass is 35.5. The SMILES string of the molecule is Cl.Cn1ccnc1C1CNCCN1Cc1cc2ccccc2s1. The van der Waals surface area contributed by atoms with E-state index < -0.39 is 0 Å². The van der Waals surface area contributed by atoms with Crippen molar-refractivity contribution in [3.63, 3.8) is 0 Å². The van der Waals surface area contributed by atoms with E-state index in [0.29, 0.717) is 6.04 Å². The van der Waals surface area contributed by atoms with Gasteiger partial charge < -0.3 is 9.88 Å². The lowest BCUT2D eigenvalue weighted by Crippen LogP contribution is -2.46. The first kappa shape index (κ1) is 16.5.